The third kappa shape index (κ3) is 3.88. The Morgan fingerprint density at radius 2 is 1.62 bits per heavy atom. The number of nitrogens with zero attached hydrogens (tertiary/aromatic N) is 1. The van der Waals surface area contributed by atoms with E-state index in [4.69, 9.17) is 4.84 Å². The predicted octanol–water partition coefficient (Wildman–Crippen LogP) is 5.62. The molecule has 0 amide bonds. The lowest BCUT2D eigenvalue weighted by Crippen LogP contribution is -2.58. The summed E-state index contributed by atoms with van der Waals surface area (Å²) in [6, 6.07) is 8.67. The van der Waals surface area contributed by atoms with Crippen LogP contribution >= 0.6 is 15.9 Å². The highest BCUT2D eigenvalue weighted by molar-refractivity contribution is 9.08. The van der Waals surface area contributed by atoms with Gasteiger partial charge in [-0.1, -0.05) is 40.2 Å². The van der Waals surface area contributed by atoms with Gasteiger partial charge in [-0.15, -0.1) is 0 Å². The molecule has 0 radical (unpaired) electrons. The zero-order valence-electron chi connectivity index (χ0n) is 13.9. The van der Waals surface area contributed by atoms with Gasteiger partial charge in [-0.3, -0.25) is 4.84 Å². The number of hydroxylamine groups is 2. The Morgan fingerprint density at radius 3 is 2.10 bits per heavy atom. The first-order chi connectivity index (χ1) is 9.76. The van der Waals surface area contributed by atoms with Gasteiger partial charge < -0.3 is 0 Å². The van der Waals surface area contributed by atoms with Gasteiger partial charge in [-0.25, -0.2) is 0 Å². The molecule has 118 valence electrons. The maximum Gasteiger partial charge on any atom is 0.102 e. The van der Waals surface area contributed by atoms with Crippen LogP contribution in [0.3, 0.4) is 0 Å². The lowest BCUT2D eigenvalue weighted by molar-refractivity contribution is -0.304. The molecule has 21 heavy (non-hydrogen) atoms. The molecule has 1 heterocycles. The second-order valence-corrected chi connectivity index (χ2v) is 7.96. The van der Waals surface area contributed by atoms with Gasteiger partial charge in [0.25, 0.3) is 0 Å². The van der Waals surface area contributed by atoms with Crippen LogP contribution in [0.4, 0.5) is 0 Å². The lowest BCUT2D eigenvalue weighted by atomic mass is 9.82. The molecule has 1 aromatic rings. The van der Waals surface area contributed by atoms with Crippen molar-refractivity contribution in [1.29, 1.82) is 0 Å². The van der Waals surface area contributed by atoms with Gasteiger partial charge in [0, 0.05) is 16.4 Å². The van der Waals surface area contributed by atoms with E-state index in [1.165, 1.54) is 30.4 Å². The molecule has 0 aliphatic carbocycles. The molecular weight excluding hydrogens is 326 g/mol. The van der Waals surface area contributed by atoms with Crippen molar-refractivity contribution in [3.05, 3.63) is 35.4 Å². The molecule has 2 rings (SSSR count). The third-order valence-electron chi connectivity index (χ3n) is 4.54. The number of hydrogen-bond acceptors (Lipinski definition) is 2. The van der Waals surface area contributed by atoms with Crippen molar-refractivity contribution in [3.63, 3.8) is 0 Å². The van der Waals surface area contributed by atoms with Crippen molar-refractivity contribution in [1.82, 2.24) is 5.06 Å². The number of piperidine rings is 1. The molecule has 1 saturated heterocycles. The normalized spacial score (nSPS) is 23.0. The van der Waals surface area contributed by atoms with Gasteiger partial charge in [-0.05, 0) is 65.0 Å². The van der Waals surface area contributed by atoms with Crippen molar-refractivity contribution < 1.29 is 4.84 Å². The van der Waals surface area contributed by atoms with Crippen LogP contribution in [0.5, 0.6) is 0 Å². The summed E-state index contributed by atoms with van der Waals surface area (Å²) in [7, 11) is 0. The highest BCUT2D eigenvalue weighted by Crippen LogP contribution is 2.40. The van der Waals surface area contributed by atoms with Crippen LogP contribution in [0.15, 0.2) is 24.3 Å². The molecule has 0 aromatic heterocycles. The molecule has 1 aromatic carbocycles. The number of alkyl halides is 1. The van der Waals surface area contributed by atoms with E-state index in [0.29, 0.717) is 0 Å². The first-order valence-corrected chi connectivity index (χ1v) is 9.00. The molecule has 0 N–H and O–H groups in total. The van der Waals surface area contributed by atoms with Crippen LogP contribution < -0.4 is 0 Å². The zero-order chi connectivity index (χ0) is 15.7. The Kier molecular flexibility index (Phi) is 5.17. The van der Waals surface area contributed by atoms with E-state index in [1.54, 1.807) is 0 Å². The molecule has 1 atom stereocenters. The zero-order valence-corrected chi connectivity index (χ0v) is 15.5. The van der Waals surface area contributed by atoms with Crippen LogP contribution in [0.25, 0.3) is 0 Å². The summed E-state index contributed by atoms with van der Waals surface area (Å²) < 4.78 is 0. The summed E-state index contributed by atoms with van der Waals surface area (Å²) in [6.07, 6.45) is 3.72. The van der Waals surface area contributed by atoms with E-state index >= 15 is 0 Å². The average molecular weight is 354 g/mol. The smallest absolute Gasteiger partial charge is 0.102 e. The lowest BCUT2D eigenvalue weighted by Gasteiger charge is -2.52. The molecule has 2 nitrogen and oxygen atoms in total. The van der Waals surface area contributed by atoms with Gasteiger partial charge in [0.2, 0.25) is 0 Å². The molecule has 3 heteroatoms. The second-order valence-electron chi connectivity index (χ2n) is 7.40. The fraction of sp³-hybridized carbons (Fsp3) is 0.667. The van der Waals surface area contributed by atoms with Crippen LogP contribution in [0.1, 0.15) is 71.1 Å². The Morgan fingerprint density at radius 1 is 1.10 bits per heavy atom. The van der Waals surface area contributed by atoms with Gasteiger partial charge >= 0.3 is 0 Å². The number of halogens is 1. The molecule has 0 bridgehead atoms. The monoisotopic (exact) mass is 353 g/mol. The number of benzene rings is 1. The van der Waals surface area contributed by atoms with Gasteiger partial charge in [0.1, 0.15) is 6.10 Å². The van der Waals surface area contributed by atoms with Gasteiger partial charge in [0.05, 0.1) is 0 Å². The fourth-order valence-corrected chi connectivity index (χ4v) is 3.73. The molecule has 0 saturated carbocycles. The minimum atomic E-state index is 0.0750. The van der Waals surface area contributed by atoms with Crippen molar-refractivity contribution in [2.24, 2.45) is 0 Å². The standard InChI is InChI=1S/C18H28BrNO/c1-14(16-9-7-15(13-19)8-10-16)21-20-17(2,3)11-6-12-18(20,4)5/h7-10,14H,6,11-13H2,1-5H3. The maximum atomic E-state index is 6.40. The van der Waals surface area contributed by atoms with Crippen LogP contribution in [-0.2, 0) is 10.2 Å². The maximum absolute atomic E-state index is 6.40. The molecular formula is C18H28BrNO. The first-order valence-electron chi connectivity index (χ1n) is 7.88. The highest BCUT2D eigenvalue weighted by atomic mass is 79.9. The van der Waals surface area contributed by atoms with Gasteiger partial charge in [-0.2, -0.15) is 5.06 Å². The SMILES string of the molecule is CC(ON1C(C)(C)CCCC1(C)C)c1ccc(CBr)cc1. The van der Waals surface area contributed by atoms with E-state index in [0.717, 1.165) is 5.33 Å². The summed E-state index contributed by atoms with van der Waals surface area (Å²) in [4.78, 5) is 6.40. The summed E-state index contributed by atoms with van der Waals surface area (Å²) in [5.74, 6) is 0. The Balaban J connectivity index is 2.14. The van der Waals surface area contributed by atoms with Crippen molar-refractivity contribution in [2.75, 3.05) is 0 Å². The van der Waals surface area contributed by atoms with Crippen LogP contribution in [0.2, 0.25) is 0 Å². The third-order valence-corrected chi connectivity index (χ3v) is 5.19. The molecule has 1 aliphatic heterocycles. The first kappa shape index (κ1) is 17.0. The molecule has 1 aliphatic rings. The van der Waals surface area contributed by atoms with E-state index in [1.807, 2.05) is 0 Å². The highest BCUT2D eigenvalue weighted by Gasteiger charge is 2.43. The second kappa shape index (κ2) is 6.39. The quantitative estimate of drug-likeness (QED) is 0.651. The summed E-state index contributed by atoms with van der Waals surface area (Å²) in [5.41, 5.74) is 2.71. The van der Waals surface area contributed by atoms with E-state index in [9.17, 15) is 0 Å². The van der Waals surface area contributed by atoms with E-state index in [2.05, 4.69) is 79.9 Å². The molecule has 1 unspecified atom stereocenters. The largest absolute Gasteiger partial charge is 0.290 e. The van der Waals surface area contributed by atoms with Crippen molar-refractivity contribution >= 4 is 15.9 Å². The van der Waals surface area contributed by atoms with Crippen LogP contribution in [-0.4, -0.2) is 16.1 Å². The predicted molar refractivity (Wildman–Crippen MR) is 92.4 cm³/mol. The minimum Gasteiger partial charge on any atom is -0.290 e. The molecule has 0 spiro atoms. The topological polar surface area (TPSA) is 12.5 Å². The number of hydrogen-bond donors (Lipinski definition) is 0. The summed E-state index contributed by atoms with van der Waals surface area (Å²) >= 11 is 3.49. The molecule has 1 fully saturated rings. The fourth-order valence-electron chi connectivity index (χ4n) is 3.36. The van der Waals surface area contributed by atoms with E-state index in [-0.39, 0.29) is 17.2 Å². The average Bonchev–Trinajstić information content (AvgIpc) is 2.42. The Hall–Kier alpha value is -0.380. The Bertz CT molecular complexity index is 451. The van der Waals surface area contributed by atoms with Crippen molar-refractivity contribution in [2.45, 2.75) is 76.4 Å². The summed E-state index contributed by atoms with van der Waals surface area (Å²) in [6.45, 7) is 11.3. The van der Waals surface area contributed by atoms with E-state index < -0.39 is 0 Å². The minimum absolute atomic E-state index is 0.0750. The number of rotatable bonds is 4. The summed E-state index contributed by atoms with van der Waals surface area (Å²) in [5, 5.41) is 3.14. The Labute approximate surface area is 137 Å². The van der Waals surface area contributed by atoms with Gasteiger partial charge in [0.15, 0.2) is 0 Å². The van der Waals surface area contributed by atoms with Crippen molar-refractivity contribution in [3.8, 4) is 0 Å². The van der Waals surface area contributed by atoms with Crippen LogP contribution in [0, 0.1) is 0 Å².